The summed E-state index contributed by atoms with van der Waals surface area (Å²) in [5.74, 6) is -2.40. The Balaban J connectivity index is 1.37. The van der Waals surface area contributed by atoms with Crippen LogP contribution in [0.1, 0.15) is 54.3 Å². The van der Waals surface area contributed by atoms with Crippen molar-refractivity contribution >= 4 is 35.0 Å². The molecule has 0 N–H and O–H groups in total. The highest BCUT2D eigenvalue weighted by molar-refractivity contribution is 6.22. The maximum atomic E-state index is 12.5. The Bertz CT molecular complexity index is 1140. The molecule has 0 radical (unpaired) electrons. The molecule has 0 atom stereocenters. The number of hydrogen-bond acceptors (Lipinski definition) is 8. The van der Waals surface area contributed by atoms with Crippen LogP contribution in [-0.2, 0) is 0 Å². The second-order valence-electron chi connectivity index (χ2n) is 7.20. The highest BCUT2D eigenvalue weighted by Crippen LogP contribution is 2.28. The predicted octanol–water partition coefficient (Wildman–Crippen LogP) is 2.18. The van der Waals surface area contributed by atoms with Gasteiger partial charge in [0, 0.05) is 37.4 Å². The monoisotopic (exact) mass is 438 g/mol. The molecule has 12 nitrogen and oxygen atoms in total. The Morgan fingerprint density at radius 2 is 0.938 bits per heavy atom. The first-order valence-electron chi connectivity index (χ1n) is 9.50. The minimum atomic E-state index is -0.655. The average molecular weight is 438 g/mol. The number of non-ortho nitro benzene ring substituents is 2. The number of fused-ring (bicyclic) bond motifs is 2. The Hall–Kier alpha value is -4.48. The molecule has 2 aromatic carbocycles. The van der Waals surface area contributed by atoms with E-state index in [1.54, 1.807) is 0 Å². The van der Waals surface area contributed by atoms with Gasteiger partial charge in [0.05, 0.1) is 32.1 Å². The zero-order valence-electron chi connectivity index (χ0n) is 16.3. The van der Waals surface area contributed by atoms with Crippen LogP contribution in [0, 0.1) is 20.2 Å². The van der Waals surface area contributed by atoms with E-state index in [0.29, 0.717) is 0 Å². The molecule has 32 heavy (non-hydrogen) atoms. The Kier molecular flexibility index (Phi) is 4.97. The van der Waals surface area contributed by atoms with E-state index in [-0.39, 0.29) is 59.6 Å². The molecular formula is C20H14N4O8. The number of nitrogens with zero attached hydrogens (tertiary/aromatic N) is 4. The van der Waals surface area contributed by atoms with E-state index in [0.717, 1.165) is 34.1 Å². The molecule has 0 bridgehead atoms. The van der Waals surface area contributed by atoms with Crippen molar-refractivity contribution in [3.05, 3.63) is 78.9 Å². The fourth-order valence-corrected chi connectivity index (χ4v) is 3.73. The third-order valence-electron chi connectivity index (χ3n) is 5.34. The van der Waals surface area contributed by atoms with Crippen LogP contribution in [0.3, 0.4) is 0 Å². The third kappa shape index (κ3) is 3.27. The normalized spacial score (nSPS) is 14.8. The van der Waals surface area contributed by atoms with Gasteiger partial charge in [0.15, 0.2) is 0 Å². The SMILES string of the molecule is O=C1c2ccc([N+](=O)[O-])cc2C(=O)N1CCCCN1C(=O)c2ccc([N+](=O)[O-])cc2C1=O. The van der Waals surface area contributed by atoms with Crippen molar-refractivity contribution in [2.24, 2.45) is 0 Å². The molecule has 0 spiro atoms. The van der Waals surface area contributed by atoms with Crippen LogP contribution in [0.5, 0.6) is 0 Å². The van der Waals surface area contributed by atoms with Crippen molar-refractivity contribution < 1.29 is 29.0 Å². The Morgan fingerprint density at radius 1 is 0.594 bits per heavy atom. The summed E-state index contributed by atoms with van der Waals surface area (Å²) in [6.45, 7) is 0.0174. The van der Waals surface area contributed by atoms with Crippen molar-refractivity contribution in [2.75, 3.05) is 13.1 Å². The van der Waals surface area contributed by atoms with E-state index in [1.807, 2.05) is 0 Å². The molecule has 0 unspecified atom stereocenters. The highest BCUT2D eigenvalue weighted by Gasteiger charge is 2.38. The van der Waals surface area contributed by atoms with Gasteiger partial charge in [0.2, 0.25) is 0 Å². The van der Waals surface area contributed by atoms with Gasteiger partial charge in [-0.25, -0.2) is 0 Å². The lowest BCUT2D eigenvalue weighted by Crippen LogP contribution is -2.33. The average Bonchev–Trinajstić information content (AvgIpc) is 3.15. The van der Waals surface area contributed by atoms with E-state index in [4.69, 9.17) is 0 Å². The quantitative estimate of drug-likeness (QED) is 0.275. The lowest BCUT2D eigenvalue weighted by molar-refractivity contribution is -0.385. The fourth-order valence-electron chi connectivity index (χ4n) is 3.73. The van der Waals surface area contributed by atoms with Gasteiger partial charge in [-0.1, -0.05) is 0 Å². The van der Waals surface area contributed by atoms with Crippen molar-refractivity contribution in [2.45, 2.75) is 12.8 Å². The molecule has 2 heterocycles. The van der Waals surface area contributed by atoms with E-state index >= 15 is 0 Å². The number of unbranched alkanes of at least 4 members (excludes halogenated alkanes) is 1. The lowest BCUT2D eigenvalue weighted by Gasteiger charge is -2.16. The number of nitro groups is 2. The topological polar surface area (TPSA) is 161 Å². The minimum absolute atomic E-state index is 0.00872. The number of nitro benzene ring substituents is 2. The number of imide groups is 2. The summed E-state index contributed by atoms with van der Waals surface area (Å²) < 4.78 is 0. The molecule has 2 aliphatic heterocycles. The highest BCUT2D eigenvalue weighted by atomic mass is 16.6. The van der Waals surface area contributed by atoms with Gasteiger partial charge in [0.1, 0.15) is 0 Å². The first-order valence-corrected chi connectivity index (χ1v) is 9.50. The van der Waals surface area contributed by atoms with Crippen LogP contribution < -0.4 is 0 Å². The van der Waals surface area contributed by atoms with Crippen LogP contribution in [0.25, 0.3) is 0 Å². The maximum Gasteiger partial charge on any atom is 0.270 e. The van der Waals surface area contributed by atoms with Crippen LogP contribution >= 0.6 is 0 Å². The molecule has 4 rings (SSSR count). The number of hydrogen-bond donors (Lipinski definition) is 0. The van der Waals surface area contributed by atoms with Crippen LogP contribution in [0.15, 0.2) is 36.4 Å². The number of amides is 4. The first kappa shape index (κ1) is 20.8. The summed E-state index contributed by atoms with van der Waals surface area (Å²) in [6.07, 6.45) is 0.558. The lowest BCUT2D eigenvalue weighted by atomic mass is 10.1. The van der Waals surface area contributed by atoms with Gasteiger partial charge in [-0.15, -0.1) is 0 Å². The summed E-state index contributed by atoms with van der Waals surface area (Å²) in [4.78, 5) is 72.3. The largest absolute Gasteiger partial charge is 0.274 e. The standard InChI is InChI=1S/C20H14N4O8/c25-17-13-5-3-11(23(29)30)9-15(13)19(27)21(17)7-1-2-8-22-18(26)14-6-4-12(24(31)32)10-16(14)20(22)28/h3-6,9-10H,1-2,7-8H2. The third-order valence-corrected chi connectivity index (χ3v) is 5.34. The van der Waals surface area contributed by atoms with Crippen molar-refractivity contribution in [3.63, 3.8) is 0 Å². The molecule has 0 aliphatic carbocycles. The van der Waals surface area contributed by atoms with Crippen molar-refractivity contribution in [3.8, 4) is 0 Å². The maximum absolute atomic E-state index is 12.5. The van der Waals surface area contributed by atoms with Crippen molar-refractivity contribution in [1.29, 1.82) is 0 Å². The summed E-state index contributed by atoms with van der Waals surface area (Å²) in [5.41, 5.74) is -0.488. The molecule has 0 aromatic heterocycles. The number of benzene rings is 2. The van der Waals surface area contributed by atoms with Gasteiger partial charge < -0.3 is 0 Å². The van der Waals surface area contributed by atoms with Crippen LogP contribution in [-0.4, -0.2) is 56.4 Å². The molecule has 4 amide bonds. The first-order chi connectivity index (χ1) is 15.2. The number of rotatable bonds is 7. The zero-order valence-corrected chi connectivity index (χ0v) is 16.3. The molecule has 162 valence electrons. The van der Waals surface area contributed by atoms with E-state index in [1.165, 1.54) is 12.1 Å². The molecule has 12 heteroatoms. The summed E-state index contributed by atoms with van der Waals surface area (Å²) in [5, 5.41) is 21.8. The number of carbonyl (C=O) groups is 4. The smallest absolute Gasteiger partial charge is 0.270 e. The van der Waals surface area contributed by atoms with Gasteiger partial charge in [-0.2, -0.15) is 0 Å². The summed E-state index contributed by atoms with van der Waals surface area (Å²) in [6, 6.07) is 6.92. The molecule has 2 aromatic rings. The van der Waals surface area contributed by atoms with E-state index < -0.39 is 33.5 Å². The van der Waals surface area contributed by atoms with Crippen LogP contribution in [0.4, 0.5) is 11.4 Å². The van der Waals surface area contributed by atoms with Gasteiger partial charge >= 0.3 is 0 Å². The second kappa shape index (κ2) is 7.65. The molecular weight excluding hydrogens is 424 g/mol. The summed E-state index contributed by atoms with van der Waals surface area (Å²) in [7, 11) is 0. The molecule has 0 fully saturated rings. The van der Waals surface area contributed by atoms with E-state index in [9.17, 15) is 39.4 Å². The second-order valence-corrected chi connectivity index (χ2v) is 7.20. The van der Waals surface area contributed by atoms with Gasteiger partial charge in [0.25, 0.3) is 35.0 Å². The predicted molar refractivity (Wildman–Crippen MR) is 106 cm³/mol. The van der Waals surface area contributed by atoms with E-state index in [2.05, 4.69) is 0 Å². The molecule has 2 aliphatic rings. The van der Waals surface area contributed by atoms with Gasteiger partial charge in [-0.3, -0.25) is 49.2 Å². The van der Waals surface area contributed by atoms with Crippen LogP contribution in [0.2, 0.25) is 0 Å². The Morgan fingerprint density at radius 3 is 1.28 bits per heavy atom. The minimum Gasteiger partial charge on any atom is -0.274 e. The fraction of sp³-hybridized carbons (Fsp3) is 0.200. The molecule has 0 saturated heterocycles. The summed E-state index contributed by atoms with van der Waals surface area (Å²) >= 11 is 0. The Labute approximate surface area is 179 Å². The number of carbonyl (C=O) groups excluding carboxylic acids is 4. The molecule has 0 saturated carbocycles. The van der Waals surface area contributed by atoms with Gasteiger partial charge in [-0.05, 0) is 25.0 Å². The zero-order chi connectivity index (χ0) is 23.2. The van der Waals surface area contributed by atoms with Crippen molar-refractivity contribution in [1.82, 2.24) is 9.80 Å².